The van der Waals surface area contributed by atoms with Crippen LogP contribution < -0.4 is 16.0 Å². The Bertz CT molecular complexity index is 1190. The molecule has 3 aromatic rings. The molecule has 0 fully saturated rings. The van der Waals surface area contributed by atoms with Crippen LogP contribution in [0.1, 0.15) is 36.6 Å². The van der Waals surface area contributed by atoms with E-state index in [0.717, 1.165) is 42.3 Å². The summed E-state index contributed by atoms with van der Waals surface area (Å²) >= 11 is 1.61. The molecule has 0 bridgehead atoms. The maximum atomic E-state index is 13.2. The van der Waals surface area contributed by atoms with Crippen molar-refractivity contribution in [1.82, 2.24) is 9.55 Å². The normalized spacial score (nSPS) is 14.2. The van der Waals surface area contributed by atoms with Gasteiger partial charge in [-0.25, -0.2) is 18.5 Å². The number of sulfonamides is 1. The number of hydrogen-bond acceptors (Lipinski definition) is 6. The smallest absolute Gasteiger partial charge is 0.263 e. The molecule has 0 saturated carbocycles. The molecule has 2 aromatic heterocycles. The summed E-state index contributed by atoms with van der Waals surface area (Å²) in [4.78, 5) is 20.1. The maximum Gasteiger partial charge on any atom is 0.263 e. The fourth-order valence-electron chi connectivity index (χ4n) is 3.62. The predicted molar refractivity (Wildman–Crippen MR) is 112 cm³/mol. The molecule has 0 saturated heterocycles. The molecule has 28 heavy (non-hydrogen) atoms. The molecule has 1 aromatic carbocycles. The van der Waals surface area contributed by atoms with E-state index < -0.39 is 10.0 Å². The lowest BCUT2D eigenvalue weighted by Gasteiger charge is -2.14. The first-order valence-electron chi connectivity index (χ1n) is 9.33. The number of nitrogens with two attached hydrogens (primary N) is 1. The number of anilines is 2. The molecule has 3 N–H and O–H groups in total. The number of nitrogens with one attached hydrogen (secondary N) is 1. The number of thiophene rings is 1. The first kappa shape index (κ1) is 19.1. The summed E-state index contributed by atoms with van der Waals surface area (Å²) < 4.78 is 24.5. The van der Waals surface area contributed by atoms with Gasteiger partial charge in [-0.3, -0.25) is 9.36 Å². The zero-order valence-corrected chi connectivity index (χ0v) is 17.2. The highest BCUT2D eigenvalue weighted by atomic mass is 32.2. The third-order valence-electron chi connectivity index (χ3n) is 4.96. The topological polar surface area (TPSA) is 107 Å². The first-order valence-corrected chi connectivity index (χ1v) is 11.7. The molecule has 2 heterocycles. The van der Waals surface area contributed by atoms with Crippen LogP contribution in [0, 0.1) is 0 Å². The van der Waals surface area contributed by atoms with Gasteiger partial charge in [-0.1, -0.05) is 6.92 Å². The standard InChI is InChI=1S/C19H22N4O3S2/c1-2-11-23-18(24)16-14-5-3-4-6-15(14)27-17(16)22-19(23)21-12-7-9-13(10-8-12)28(20,25)26/h7-10H,2-6,11H2,1H3,(H,21,22)(H2,20,25,26). The van der Waals surface area contributed by atoms with Crippen molar-refractivity contribution in [2.45, 2.75) is 50.5 Å². The van der Waals surface area contributed by atoms with Gasteiger partial charge >= 0.3 is 0 Å². The highest BCUT2D eigenvalue weighted by Crippen LogP contribution is 2.34. The Morgan fingerprint density at radius 3 is 2.61 bits per heavy atom. The number of rotatable bonds is 5. The molecule has 0 amide bonds. The monoisotopic (exact) mass is 418 g/mol. The molecule has 0 atom stereocenters. The van der Waals surface area contributed by atoms with Crippen molar-refractivity contribution < 1.29 is 8.42 Å². The summed E-state index contributed by atoms with van der Waals surface area (Å²) in [6.45, 7) is 2.58. The number of hydrogen-bond donors (Lipinski definition) is 2. The van der Waals surface area contributed by atoms with Crippen LogP contribution in [0.5, 0.6) is 0 Å². The number of fused-ring (bicyclic) bond motifs is 3. The lowest BCUT2D eigenvalue weighted by atomic mass is 9.97. The fraction of sp³-hybridized carbons (Fsp3) is 0.368. The number of aryl methyl sites for hydroxylation is 2. The van der Waals surface area contributed by atoms with Crippen molar-refractivity contribution in [2.24, 2.45) is 5.14 Å². The Balaban J connectivity index is 1.79. The number of nitrogens with zero attached hydrogens (tertiary/aromatic N) is 2. The van der Waals surface area contributed by atoms with Crippen molar-refractivity contribution in [1.29, 1.82) is 0 Å². The minimum atomic E-state index is -3.74. The van der Waals surface area contributed by atoms with E-state index in [-0.39, 0.29) is 10.5 Å². The van der Waals surface area contributed by atoms with E-state index in [4.69, 9.17) is 10.1 Å². The number of aromatic nitrogens is 2. The largest absolute Gasteiger partial charge is 0.325 e. The highest BCUT2D eigenvalue weighted by Gasteiger charge is 2.22. The van der Waals surface area contributed by atoms with Crippen LogP contribution in [0.4, 0.5) is 11.6 Å². The maximum absolute atomic E-state index is 13.2. The second kappa shape index (κ2) is 7.31. The van der Waals surface area contributed by atoms with Crippen LogP contribution in [0.3, 0.4) is 0 Å². The SMILES string of the molecule is CCCn1c(Nc2ccc(S(N)(=O)=O)cc2)nc2sc3c(c2c1=O)CCCC3. The summed E-state index contributed by atoms with van der Waals surface area (Å²) in [5.41, 5.74) is 1.82. The van der Waals surface area contributed by atoms with Gasteiger partial charge in [0, 0.05) is 17.1 Å². The summed E-state index contributed by atoms with van der Waals surface area (Å²) in [7, 11) is -3.74. The number of benzene rings is 1. The van der Waals surface area contributed by atoms with Gasteiger partial charge in [0.2, 0.25) is 16.0 Å². The molecule has 0 radical (unpaired) electrons. The molecule has 4 rings (SSSR count). The Morgan fingerprint density at radius 1 is 1.21 bits per heavy atom. The molecule has 0 aliphatic heterocycles. The van der Waals surface area contributed by atoms with Gasteiger partial charge in [-0.2, -0.15) is 0 Å². The number of primary sulfonamides is 1. The van der Waals surface area contributed by atoms with Crippen molar-refractivity contribution in [3.8, 4) is 0 Å². The Kier molecular flexibility index (Phi) is 4.98. The van der Waals surface area contributed by atoms with Gasteiger partial charge in [-0.05, 0) is 61.9 Å². The predicted octanol–water partition coefficient (Wildman–Crippen LogP) is 3.14. The highest BCUT2D eigenvalue weighted by molar-refractivity contribution is 7.89. The summed E-state index contributed by atoms with van der Waals surface area (Å²) in [6, 6.07) is 6.10. The lowest BCUT2D eigenvalue weighted by molar-refractivity contribution is 0.598. The van der Waals surface area contributed by atoms with Crippen LogP contribution in [-0.2, 0) is 29.4 Å². The van der Waals surface area contributed by atoms with Gasteiger partial charge in [0.25, 0.3) is 5.56 Å². The van der Waals surface area contributed by atoms with E-state index >= 15 is 0 Å². The molecular formula is C19H22N4O3S2. The average Bonchev–Trinajstić information content (AvgIpc) is 3.03. The van der Waals surface area contributed by atoms with E-state index in [9.17, 15) is 13.2 Å². The minimum absolute atomic E-state index is 0.00472. The molecule has 148 valence electrons. The third-order valence-corrected chi connectivity index (χ3v) is 7.08. The van der Waals surface area contributed by atoms with Crippen molar-refractivity contribution in [3.05, 3.63) is 45.1 Å². The van der Waals surface area contributed by atoms with Crippen molar-refractivity contribution in [3.63, 3.8) is 0 Å². The van der Waals surface area contributed by atoms with E-state index in [1.54, 1.807) is 28.0 Å². The van der Waals surface area contributed by atoms with Gasteiger partial charge in [0.1, 0.15) is 4.83 Å². The average molecular weight is 419 g/mol. The van der Waals surface area contributed by atoms with Crippen molar-refractivity contribution >= 4 is 43.2 Å². The molecule has 0 unspecified atom stereocenters. The first-order chi connectivity index (χ1) is 13.4. The Morgan fingerprint density at radius 2 is 1.93 bits per heavy atom. The van der Waals surface area contributed by atoms with E-state index in [0.29, 0.717) is 18.2 Å². The van der Waals surface area contributed by atoms with Gasteiger partial charge < -0.3 is 5.32 Å². The minimum Gasteiger partial charge on any atom is -0.325 e. The second-order valence-electron chi connectivity index (χ2n) is 6.98. The molecule has 0 spiro atoms. The van der Waals surface area contributed by atoms with Crippen LogP contribution in [0.15, 0.2) is 34.0 Å². The molecule has 1 aliphatic carbocycles. The van der Waals surface area contributed by atoms with E-state index in [1.165, 1.54) is 22.6 Å². The molecular weight excluding hydrogens is 396 g/mol. The quantitative estimate of drug-likeness (QED) is 0.662. The van der Waals surface area contributed by atoms with Crippen LogP contribution >= 0.6 is 11.3 Å². The van der Waals surface area contributed by atoms with Crippen LogP contribution in [0.2, 0.25) is 0 Å². The van der Waals surface area contributed by atoms with E-state index in [1.807, 2.05) is 6.92 Å². The molecule has 1 aliphatic rings. The van der Waals surface area contributed by atoms with Crippen molar-refractivity contribution in [2.75, 3.05) is 5.32 Å². The van der Waals surface area contributed by atoms with E-state index in [2.05, 4.69) is 5.32 Å². The van der Waals surface area contributed by atoms with Crippen LogP contribution in [-0.4, -0.2) is 18.0 Å². The molecule has 9 heteroatoms. The zero-order valence-electron chi connectivity index (χ0n) is 15.6. The summed E-state index contributed by atoms with van der Waals surface area (Å²) in [6.07, 6.45) is 5.03. The summed E-state index contributed by atoms with van der Waals surface area (Å²) in [5, 5.41) is 9.09. The zero-order chi connectivity index (χ0) is 19.9. The third kappa shape index (κ3) is 3.45. The Hall–Kier alpha value is -2.23. The van der Waals surface area contributed by atoms with Gasteiger partial charge in [0.15, 0.2) is 0 Å². The van der Waals surface area contributed by atoms with Crippen LogP contribution in [0.25, 0.3) is 10.2 Å². The fourth-order valence-corrected chi connectivity index (χ4v) is 5.39. The lowest BCUT2D eigenvalue weighted by Crippen LogP contribution is -2.24. The second-order valence-corrected chi connectivity index (χ2v) is 9.62. The summed E-state index contributed by atoms with van der Waals surface area (Å²) in [5.74, 6) is 0.473. The Labute approximate surface area is 167 Å². The van der Waals surface area contributed by atoms with Gasteiger partial charge in [0.05, 0.1) is 10.3 Å². The van der Waals surface area contributed by atoms with Gasteiger partial charge in [-0.15, -0.1) is 11.3 Å². The molecule has 7 nitrogen and oxygen atoms in total.